The Labute approximate surface area is 124 Å². The van der Waals surface area contributed by atoms with Crippen LogP contribution in [-0.4, -0.2) is 24.3 Å². The number of carbonyl (C=O) groups is 1. The molecule has 0 spiro atoms. The van der Waals surface area contributed by atoms with E-state index in [1.54, 1.807) is 6.07 Å². The Morgan fingerprint density at radius 3 is 2.57 bits per heavy atom. The van der Waals surface area contributed by atoms with Gasteiger partial charge >= 0.3 is 0 Å². The van der Waals surface area contributed by atoms with Gasteiger partial charge in [-0.25, -0.2) is 5.43 Å². The van der Waals surface area contributed by atoms with Crippen molar-refractivity contribution in [3.05, 3.63) is 24.3 Å². The summed E-state index contributed by atoms with van der Waals surface area (Å²) in [4.78, 5) is 12.1. The smallest absolute Gasteiger partial charge is 0.284 e. The first kappa shape index (κ1) is 13.9. The summed E-state index contributed by atoms with van der Waals surface area (Å²) in [6.45, 7) is 0.216. The van der Waals surface area contributed by atoms with Gasteiger partial charge in [0.1, 0.15) is 6.61 Å². The van der Waals surface area contributed by atoms with Gasteiger partial charge in [-0.05, 0) is 37.8 Å². The molecule has 5 heteroatoms. The van der Waals surface area contributed by atoms with Crippen LogP contribution in [0.3, 0.4) is 0 Å². The molecule has 1 atom stereocenters. The minimum absolute atomic E-state index is 0.216. The molecule has 1 N–H and O–H groups in total. The second-order valence-corrected chi connectivity index (χ2v) is 5.43. The Morgan fingerprint density at radius 1 is 1.10 bits per heavy atom. The van der Waals surface area contributed by atoms with Crippen LogP contribution in [0.15, 0.2) is 29.4 Å². The van der Waals surface area contributed by atoms with Crippen LogP contribution in [0.5, 0.6) is 11.5 Å². The van der Waals surface area contributed by atoms with E-state index in [2.05, 4.69) is 10.5 Å². The van der Waals surface area contributed by atoms with Crippen molar-refractivity contribution in [2.75, 3.05) is 6.61 Å². The second kappa shape index (κ2) is 6.61. The molecule has 0 radical (unpaired) electrons. The number of hydrogen-bond acceptors (Lipinski definition) is 4. The Bertz CT molecular complexity index is 532. The third-order valence-electron chi connectivity index (χ3n) is 3.81. The summed E-state index contributed by atoms with van der Waals surface area (Å²) in [5, 5.41) is 4.26. The van der Waals surface area contributed by atoms with Crippen LogP contribution in [0.1, 0.15) is 38.5 Å². The van der Waals surface area contributed by atoms with Crippen molar-refractivity contribution < 1.29 is 14.3 Å². The topological polar surface area (TPSA) is 59.9 Å². The summed E-state index contributed by atoms with van der Waals surface area (Å²) in [6, 6.07) is 7.36. The molecule has 1 amide bonds. The standard InChI is InChI=1S/C16H20N2O3/c19-16(18-17-12-7-3-1-2-4-8-12)15-11-20-13-9-5-6-10-14(13)21-15/h5-6,9-10,15H,1-4,7-8,11H2,(H,18,19). The lowest BCUT2D eigenvalue weighted by molar-refractivity contribution is -0.130. The molecular formula is C16H20N2O3. The van der Waals surface area contributed by atoms with Crippen molar-refractivity contribution >= 4 is 11.6 Å². The zero-order valence-electron chi connectivity index (χ0n) is 12.0. The maximum Gasteiger partial charge on any atom is 0.284 e. The van der Waals surface area contributed by atoms with E-state index in [4.69, 9.17) is 9.47 Å². The van der Waals surface area contributed by atoms with Gasteiger partial charge in [-0.1, -0.05) is 25.0 Å². The van der Waals surface area contributed by atoms with Gasteiger partial charge in [-0.2, -0.15) is 5.10 Å². The largest absolute Gasteiger partial charge is 0.485 e. The molecule has 1 heterocycles. The quantitative estimate of drug-likeness (QED) is 0.672. The summed E-state index contributed by atoms with van der Waals surface area (Å²) in [7, 11) is 0. The molecule has 1 saturated carbocycles. The predicted molar refractivity (Wildman–Crippen MR) is 79.6 cm³/mol. The number of hydrazone groups is 1. The van der Waals surface area contributed by atoms with Crippen LogP contribution in [-0.2, 0) is 4.79 Å². The van der Waals surface area contributed by atoms with Gasteiger partial charge in [-0.3, -0.25) is 4.79 Å². The number of nitrogens with one attached hydrogen (secondary N) is 1. The number of carbonyl (C=O) groups excluding carboxylic acids is 1. The Morgan fingerprint density at radius 2 is 1.81 bits per heavy atom. The Kier molecular flexibility index (Phi) is 4.38. The molecule has 0 bridgehead atoms. The number of ether oxygens (including phenoxy) is 2. The van der Waals surface area contributed by atoms with E-state index < -0.39 is 6.10 Å². The number of nitrogens with zero attached hydrogens (tertiary/aromatic N) is 1. The van der Waals surface area contributed by atoms with Crippen molar-refractivity contribution in [3.8, 4) is 11.5 Å². The van der Waals surface area contributed by atoms with Crippen LogP contribution in [0.2, 0.25) is 0 Å². The average Bonchev–Trinajstić information content (AvgIpc) is 2.81. The normalized spacial score (nSPS) is 21.3. The van der Waals surface area contributed by atoms with E-state index in [1.807, 2.05) is 18.2 Å². The molecule has 2 aliphatic rings. The molecule has 5 nitrogen and oxygen atoms in total. The van der Waals surface area contributed by atoms with E-state index in [0.29, 0.717) is 11.5 Å². The fourth-order valence-corrected chi connectivity index (χ4v) is 2.60. The molecule has 1 aliphatic carbocycles. The average molecular weight is 288 g/mol. The summed E-state index contributed by atoms with van der Waals surface area (Å²) >= 11 is 0. The lowest BCUT2D eigenvalue weighted by Gasteiger charge is -2.24. The van der Waals surface area contributed by atoms with Gasteiger partial charge in [0.05, 0.1) is 0 Å². The van der Waals surface area contributed by atoms with Gasteiger partial charge in [-0.15, -0.1) is 0 Å². The van der Waals surface area contributed by atoms with Crippen LogP contribution in [0.4, 0.5) is 0 Å². The summed E-state index contributed by atoms with van der Waals surface area (Å²) in [6.07, 6.45) is 6.13. The molecule has 112 valence electrons. The maximum atomic E-state index is 12.1. The molecule has 3 rings (SSSR count). The first-order chi connectivity index (χ1) is 10.3. The SMILES string of the molecule is O=C(NN=C1CCCCCC1)C1COc2ccccc2O1. The van der Waals surface area contributed by atoms with Gasteiger partial charge in [0.25, 0.3) is 5.91 Å². The lowest BCUT2D eigenvalue weighted by Crippen LogP contribution is -2.42. The van der Waals surface area contributed by atoms with E-state index in [9.17, 15) is 4.79 Å². The molecule has 0 aromatic heterocycles. The molecular weight excluding hydrogens is 268 g/mol. The highest BCUT2D eigenvalue weighted by Crippen LogP contribution is 2.30. The first-order valence-corrected chi connectivity index (χ1v) is 7.57. The third kappa shape index (κ3) is 3.54. The molecule has 1 aromatic carbocycles. The van der Waals surface area contributed by atoms with Gasteiger partial charge in [0.15, 0.2) is 11.5 Å². The highest BCUT2D eigenvalue weighted by Gasteiger charge is 2.27. The number of fused-ring (bicyclic) bond motifs is 1. The number of hydrogen-bond donors (Lipinski definition) is 1. The number of para-hydroxylation sites is 2. The minimum atomic E-state index is -0.643. The van der Waals surface area contributed by atoms with Gasteiger partial charge in [0, 0.05) is 5.71 Å². The molecule has 1 unspecified atom stereocenters. The minimum Gasteiger partial charge on any atom is -0.485 e. The highest BCUT2D eigenvalue weighted by molar-refractivity contribution is 5.87. The second-order valence-electron chi connectivity index (χ2n) is 5.43. The third-order valence-corrected chi connectivity index (χ3v) is 3.81. The molecule has 0 saturated heterocycles. The maximum absolute atomic E-state index is 12.1. The highest BCUT2D eigenvalue weighted by atomic mass is 16.6. The van der Waals surface area contributed by atoms with E-state index in [0.717, 1.165) is 31.4 Å². The number of rotatable bonds is 2. The van der Waals surface area contributed by atoms with E-state index in [1.165, 1.54) is 12.8 Å². The molecule has 1 aromatic rings. The van der Waals surface area contributed by atoms with Crippen LogP contribution >= 0.6 is 0 Å². The molecule has 1 fully saturated rings. The van der Waals surface area contributed by atoms with Crippen LogP contribution < -0.4 is 14.9 Å². The van der Waals surface area contributed by atoms with E-state index >= 15 is 0 Å². The molecule has 1 aliphatic heterocycles. The zero-order valence-corrected chi connectivity index (χ0v) is 12.0. The number of benzene rings is 1. The first-order valence-electron chi connectivity index (χ1n) is 7.57. The van der Waals surface area contributed by atoms with Gasteiger partial charge in [0.2, 0.25) is 6.10 Å². The van der Waals surface area contributed by atoms with Crippen LogP contribution in [0, 0.1) is 0 Å². The summed E-state index contributed by atoms with van der Waals surface area (Å²) < 4.78 is 11.2. The lowest BCUT2D eigenvalue weighted by atomic mass is 10.2. The van der Waals surface area contributed by atoms with Crippen molar-refractivity contribution in [2.45, 2.75) is 44.6 Å². The predicted octanol–water partition coefficient (Wildman–Crippen LogP) is 2.65. The Balaban J connectivity index is 1.58. The van der Waals surface area contributed by atoms with E-state index in [-0.39, 0.29) is 12.5 Å². The van der Waals surface area contributed by atoms with Crippen LogP contribution in [0.25, 0.3) is 0 Å². The molecule has 21 heavy (non-hydrogen) atoms. The van der Waals surface area contributed by atoms with Crippen molar-refractivity contribution in [2.24, 2.45) is 5.10 Å². The number of amides is 1. The van der Waals surface area contributed by atoms with Crippen molar-refractivity contribution in [1.29, 1.82) is 0 Å². The van der Waals surface area contributed by atoms with Crippen molar-refractivity contribution in [1.82, 2.24) is 5.43 Å². The van der Waals surface area contributed by atoms with Crippen molar-refractivity contribution in [3.63, 3.8) is 0 Å². The fraction of sp³-hybridized carbons (Fsp3) is 0.500. The fourth-order valence-electron chi connectivity index (χ4n) is 2.60. The monoisotopic (exact) mass is 288 g/mol. The summed E-state index contributed by atoms with van der Waals surface area (Å²) in [5.41, 5.74) is 3.71. The Hall–Kier alpha value is -2.04. The van der Waals surface area contributed by atoms with Gasteiger partial charge < -0.3 is 9.47 Å². The summed E-state index contributed by atoms with van der Waals surface area (Å²) in [5.74, 6) is 1.03. The zero-order chi connectivity index (χ0) is 14.5.